The second-order valence-electron chi connectivity index (χ2n) is 4.27. The van der Waals surface area contributed by atoms with Gasteiger partial charge in [0.1, 0.15) is 0 Å². The lowest BCUT2D eigenvalue weighted by Crippen LogP contribution is -2.34. The van der Waals surface area contributed by atoms with Crippen molar-refractivity contribution in [3.05, 3.63) is 41.1 Å². The molecule has 0 saturated heterocycles. The van der Waals surface area contributed by atoms with Crippen molar-refractivity contribution in [2.75, 3.05) is 0 Å². The summed E-state index contributed by atoms with van der Waals surface area (Å²) < 4.78 is 0. The monoisotopic (exact) mass is 277 g/mol. The van der Waals surface area contributed by atoms with E-state index in [1.165, 1.54) is 16.7 Å². The van der Waals surface area contributed by atoms with E-state index in [1.54, 1.807) is 0 Å². The lowest BCUT2D eigenvalue weighted by atomic mass is 9.84. The molecule has 2 aliphatic rings. The highest BCUT2D eigenvalue weighted by Crippen LogP contribution is 2.38. The number of hydrogen-bond donors (Lipinski definition) is 1. The first kappa shape index (κ1) is 10.1. The van der Waals surface area contributed by atoms with Crippen LogP contribution in [0.2, 0.25) is 0 Å². The van der Waals surface area contributed by atoms with Gasteiger partial charge in [-0.05, 0) is 29.5 Å². The second-order valence-corrected chi connectivity index (χ2v) is 5.37. The fourth-order valence-corrected chi connectivity index (χ4v) is 3.35. The standard InChI is InChI=1S/C13H12BrNO/c14-10-7-12(16)15-11-6-5-8-3-1-2-4-9(8)13(10)11/h1-4,10H,5-7H2,(H,15,16). The molecule has 1 aliphatic carbocycles. The minimum atomic E-state index is 0.125. The number of carbonyl (C=O) groups excluding carboxylic acids is 1. The molecule has 1 N–H and O–H groups in total. The summed E-state index contributed by atoms with van der Waals surface area (Å²) in [5, 5.41) is 3.00. The molecule has 0 aromatic heterocycles. The first-order chi connectivity index (χ1) is 7.75. The summed E-state index contributed by atoms with van der Waals surface area (Å²) in [7, 11) is 0. The van der Waals surface area contributed by atoms with Gasteiger partial charge in [-0.25, -0.2) is 0 Å². The zero-order valence-electron chi connectivity index (χ0n) is 8.79. The predicted octanol–water partition coefficient (Wildman–Crippen LogP) is 2.63. The van der Waals surface area contributed by atoms with Gasteiger partial charge in [-0.1, -0.05) is 40.2 Å². The number of fused-ring (bicyclic) bond motifs is 2. The van der Waals surface area contributed by atoms with Crippen LogP contribution in [0.5, 0.6) is 0 Å². The summed E-state index contributed by atoms with van der Waals surface area (Å²) in [6.45, 7) is 0. The Morgan fingerprint density at radius 1 is 1.25 bits per heavy atom. The van der Waals surface area contributed by atoms with Gasteiger partial charge in [0, 0.05) is 12.1 Å². The molecule has 1 heterocycles. The smallest absolute Gasteiger partial charge is 0.225 e. The zero-order chi connectivity index (χ0) is 11.1. The summed E-state index contributed by atoms with van der Waals surface area (Å²) in [5.74, 6) is 0.125. The molecule has 0 bridgehead atoms. The number of hydrogen-bond acceptors (Lipinski definition) is 1. The van der Waals surface area contributed by atoms with Crippen LogP contribution in [0.4, 0.5) is 0 Å². The Bertz CT molecular complexity index is 492. The number of allylic oxidation sites excluding steroid dienone is 2. The highest BCUT2D eigenvalue weighted by atomic mass is 79.9. The number of amides is 1. The van der Waals surface area contributed by atoms with E-state index < -0.39 is 0 Å². The highest BCUT2D eigenvalue weighted by Gasteiger charge is 2.30. The normalized spacial score (nSPS) is 23.6. The molecular weight excluding hydrogens is 266 g/mol. The fourth-order valence-electron chi connectivity index (χ4n) is 2.53. The Kier molecular flexibility index (Phi) is 2.36. The molecular formula is C13H12BrNO. The van der Waals surface area contributed by atoms with Crippen LogP contribution in [0, 0.1) is 0 Å². The van der Waals surface area contributed by atoms with Crippen LogP contribution in [0.25, 0.3) is 5.57 Å². The summed E-state index contributed by atoms with van der Waals surface area (Å²) in [6, 6.07) is 8.46. The van der Waals surface area contributed by atoms with Crippen LogP contribution in [-0.4, -0.2) is 10.7 Å². The lowest BCUT2D eigenvalue weighted by molar-refractivity contribution is -0.120. The third-order valence-corrected chi connectivity index (χ3v) is 4.03. The Hall–Kier alpha value is -1.09. The van der Waals surface area contributed by atoms with Gasteiger partial charge in [-0.15, -0.1) is 0 Å². The van der Waals surface area contributed by atoms with E-state index >= 15 is 0 Å². The molecule has 0 radical (unpaired) electrons. The van der Waals surface area contributed by atoms with Crippen molar-refractivity contribution >= 4 is 27.4 Å². The topological polar surface area (TPSA) is 29.1 Å². The molecule has 1 amide bonds. The van der Waals surface area contributed by atoms with E-state index in [0.717, 1.165) is 18.5 Å². The Morgan fingerprint density at radius 2 is 2.06 bits per heavy atom. The summed E-state index contributed by atoms with van der Waals surface area (Å²) in [6.07, 6.45) is 2.50. The summed E-state index contributed by atoms with van der Waals surface area (Å²) in [5.41, 5.74) is 5.07. The summed E-state index contributed by atoms with van der Waals surface area (Å²) >= 11 is 3.62. The number of nitrogens with one attached hydrogen (secondary N) is 1. The Morgan fingerprint density at radius 3 is 2.94 bits per heavy atom. The first-order valence-corrected chi connectivity index (χ1v) is 6.42. The van der Waals surface area contributed by atoms with Crippen LogP contribution >= 0.6 is 15.9 Å². The third kappa shape index (κ3) is 1.50. The average Bonchev–Trinajstić information content (AvgIpc) is 2.28. The average molecular weight is 278 g/mol. The number of carbonyl (C=O) groups is 1. The van der Waals surface area contributed by atoms with Crippen molar-refractivity contribution in [1.29, 1.82) is 0 Å². The van der Waals surface area contributed by atoms with E-state index in [4.69, 9.17) is 0 Å². The third-order valence-electron chi connectivity index (χ3n) is 3.25. The van der Waals surface area contributed by atoms with Crippen molar-refractivity contribution in [3.8, 4) is 0 Å². The van der Waals surface area contributed by atoms with Crippen molar-refractivity contribution < 1.29 is 4.79 Å². The largest absolute Gasteiger partial charge is 0.329 e. The van der Waals surface area contributed by atoms with Gasteiger partial charge in [0.2, 0.25) is 5.91 Å². The van der Waals surface area contributed by atoms with Gasteiger partial charge in [-0.3, -0.25) is 4.79 Å². The summed E-state index contributed by atoms with van der Waals surface area (Å²) in [4.78, 5) is 11.6. The lowest BCUT2D eigenvalue weighted by Gasteiger charge is -2.30. The maximum atomic E-state index is 11.5. The van der Waals surface area contributed by atoms with Crippen LogP contribution in [0.3, 0.4) is 0 Å². The van der Waals surface area contributed by atoms with Gasteiger partial charge in [-0.2, -0.15) is 0 Å². The molecule has 3 rings (SSSR count). The number of benzene rings is 1. The fraction of sp³-hybridized carbons (Fsp3) is 0.308. The molecule has 0 spiro atoms. The van der Waals surface area contributed by atoms with Gasteiger partial charge >= 0.3 is 0 Å². The van der Waals surface area contributed by atoms with Crippen molar-refractivity contribution in [2.24, 2.45) is 0 Å². The van der Waals surface area contributed by atoms with Crippen LogP contribution in [0.1, 0.15) is 24.0 Å². The molecule has 16 heavy (non-hydrogen) atoms. The van der Waals surface area contributed by atoms with Crippen LogP contribution in [0.15, 0.2) is 30.0 Å². The maximum absolute atomic E-state index is 11.5. The van der Waals surface area contributed by atoms with E-state index in [1.807, 2.05) is 0 Å². The molecule has 3 heteroatoms. The number of rotatable bonds is 0. The van der Waals surface area contributed by atoms with Gasteiger partial charge in [0.05, 0.1) is 4.83 Å². The van der Waals surface area contributed by atoms with E-state index in [-0.39, 0.29) is 10.7 Å². The van der Waals surface area contributed by atoms with Crippen molar-refractivity contribution in [2.45, 2.75) is 24.1 Å². The molecule has 0 fully saturated rings. The van der Waals surface area contributed by atoms with Gasteiger partial charge in [0.25, 0.3) is 0 Å². The maximum Gasteiger partial charge on any atom is 0.225 e. The van der Waals surface area contributed by atoms with Gasteiger partial charge < -0.3 is 5.32 Å². The minimum Gasteiger partial charge on any atom is -0.329 e. The van der Waals surface area contributed by atoms with Crippen LogP contribution in [-0.2, 0) is 11.2 Å². The van der Waals surface area contributed by atoms with E-state index in [9.17, 15) is 4.79 Å². The van der Waals surface area contributed by atoms with Crippen LogP contribution < -0.4 is 5.32 Å². The molecule has 82 valence electrons. The SMILES string of the molecule is O=C1CC(Br)C2=C(CCc3ccccc32)N1. The van der Waals surface area contributed by atoms with E-state index in [2.05, 4.69) is 45.5 Å². The second kappa shape index (κ2) is 3.74. The van der Waals surface area contributed by atoms with E-state index in [0.29, 0.717) is 6.42 Å². The molecule has 2 nitrogen and oxygen atoms in total. The van der Waals surface area contributed by atoms with Crippen molar-refractivity contribution in [3.63, 3.8) is 0 Å². The zero-order valence-corrected chi connectivity index (χ0v) is 10.4. The number of aryl methyl sites for hydroxylation is 1. The van der Waals surface area contributed by atoms with Gasteiger partial charge in [0.15, 0.2) is 0 Å². The molecule has 1 aromatic carbocycles. The number of alkyl halides is 1. The van der Waals surface area contributed by atoms with Crippen molar-refractivity contribution in [1.82, 2.24) is 5.32 Å². The Labute approximate surface area is 103 Å². The molecule has 0 saturated carbocycles. The highest BCUT2D eigenvalue weighted by molar-refractivity contribution is 9.09. The first-order valence-electron chi connectivity index (χ1n) is 5.51. The molecule has 1 atom stereocenters. The molecule has 1 unspecified atom stereocenters. The number of halogens is 1. The molecule has 1 aliphatic heterocycles. The predicted molar refractivity (Wildman–Crippen MR) is 67.2 cm³/mol. The minimum absolute atomic E-state index is 0.125. The molecule has 1 aromatic rings. The quantitative estimate of drug-likeness (QED) is 0.726. The Balaban J connectivity index is 2.15.